The van der Waals surface area contributed by atoms with Crippen LogP contribution in [0, 0.1) is 17.8 Å². The SMILES string of the molecule is CCOC(=O)CC(CC)C(=O)OC(=O)C1CCC(C)CC1. The van der Waals surface area contributed by atoms with E-state index in [0.29, 0.717) is 12.3 Å². The van der Waals surface area contributed by atoms with Gasteiger partial charge >= 0.3 is 17.9 Å². The van der Waals surface area contributed by atoms with Gasteiger partial charge in [-0.1, -0.05) is 13.8 Å². The number of carbonyl (C=O) groups is 3. The first kappa shape index (κ1) is 17.7. The van der Waals surface area contributed by atoms with E-state index in [1.165, 1.54) is 0 Å². The van der Waals surface area contributed by atoms with E-state index in [2.05, 4.69) is 6.92 Å². The maximum atomic E-state index is 12.0. The van der Waals surface area contributed by atoms with E-state index in [4.69, 9.17) is 9.47 Å². The molecular weight excluding hydrogens is 272 g/mol. The van der Waals surface area contributed by atoms with E-state index >= 15 is 0 Å². The molecule has 0 aromatic rings. The van der Waals surface area contributed by atoms with Crippen molar-refractivity contribution in [3.63, 3.8) is 0 Å². The molecule has 1 aliphatic rings. The Balaban J connectivity index is 2.45. The molecule has 1 rings (SSSR count). The van der Waals surface area contributed by atoms with Crippen molar-refractivity contribution in [2.45, 2.75) is 59.3 Å². The van der Waals surface area contributed by atoms with Crippen molar-refractivity contribution in [1.29, 1.82) is 0 Å². The first-order valence-electron chi connectivity index (χ1n) is 7.89. The minimum atomic E-state index is -0.603. The highest BCUT2D eigenvalue weighted by Gasteiger charge is 2.30. The molecule has 0 bridgehead atoms. The molecule has 120 valence electrons. The summed E-state index contributed by atoms with van der Waals surface area (Å²) in [6.45, 7) is 5.95. The molecule has 0 aromatic heterocycles. The maximum absolute atomic E-state index is 12.0. The lowest BCUT2D eigenvalue weighted by atomic mass is 9.83. The summed E-state index contributed by atoms with van der Waals surface area (Å²) in [7, 11) is 0. The molecule has 1 saturated carbocycles. The lowest BCUT2D eigenvalue weighted by Crippen LogP contribution is -2.29. The summed E-state index contributed by atoms with van der Waals surface area (Å²) in [5.41, 5.74) is 0. The fraction of sp³-hybridized carbons (Fsp3) is 0.812. The van der Waals surface area contributed by atoms with Crippen LogP contribution in [0.1, 0.15) is 59.3 Å². The van der Waals surface area contributed by atoms with Crippen LogP contribution in [-0.2, 0) is 23.9 Å². The molecule has 5 heteroatoms. The summed E-state index contributed by atoms with van der Waals surface area (Å²) in [6.07, 6.45) is 3.97. The highest BCUT2D eigenvalue weighted by Crippen LogP contribution is 2.29. The van der Waals surface area contributed by atoms with Crippen LogP contribution in [0.25, 0.3) is 0 Å². The molecule has 0 saturated heterocycles. The van der Waals surface area contributed by atoms with E-state index < -0.39 is 23.8 Å². The van der Waals surface area contributed by atoms with Gasteiger partial charge in [0.2, 0.25) is 0 Å². The Morgan fingerprint density at radius 3 is 2.24 bits per heavy atom. The van der Waals surface area contributed by atoms with Gasteiger partial charge in [-0.15, -0.1) is 0 Å². The van der Waals surface area contributed by atoms with Crippen molar-refractivity contribution >= 4 is 17.9 Å². The summed E-state index contributed by atoms with van der Waals surface area (Å²) in [6, 6.07) is 0. The second-order valence-electron chi connectivity index (χ2n) is 5.81. The number of hydrogen-bond donors (Lipinski definition) is 0. The van der Waals surface area contributed by atoms with Gasteiger partial charge in [0.15, 0.2) is 0 Å². The third-order valence-corrected chi connectivity index (χ3v) is 4.09. The Morgan fingerprint density at radius 2 is 1.71 bits per heavy atom. The molecule has 1 atom stereocenters. The predicted molar refractivity (Wildman–Crippen MR) is 77.3 cm³/mol. The third-order valence-electron chi connectivity index (χ3n) is 4.09. The predicted octanol–water partition coefficient (Wildman–Crippen LogP) is 2.86. The molecule has 5 nitrogen and oxygen atoms in total. The van der Waals surface area contributed by atoms with E-state index in [0.717, 1.165) is 25.7 Å². The van der Waals surface area contributed by atoms with Gasteiger partial charge in [-0.2, -0.15) is 0 Å². The van der Waals surface area contributed by atoms with Gasteiger partial charge in [-0.3, -0.25) is 14.4 Å². The first-order chi connectivity index (χ1) is 9.97. The Morgan fingerprint density at radius 1 is 1.10 bits per heavy atom. The Hall–Kier alpha value is -1.39. The van der Waals surface area contributed by atoms with Crippen molar-refractivity contribution in [1.82, 2.24) is 0 Å². The van der Waals surface area contributed by atoms with Crippen LogP contribution in [0.2, 0.25) is 0 Å². The van der Waals surface area contributed by atoms with Crippen LogP contribution in [-0.4, -0.2) is 24.5 Å². The second kappa shape index (κ2) is 8.80. The molecule has 0 aromatic carbocycles. The van der Waals surface area contributed by atoms with Crippen LogP contribution in [0.5, 0.6) is 0 Å². The number of rotatable bonds is 6. The van der Waals surface area contributed by atoms with E-state index in [1.54, 1.807) is 13.8 Å². The van der Waals surface area contributed by atoms with Gasteiger partial charge in [0.25, 0.3) is 0 Å². The van der Waals surface area contributed by atoms with Crippen LogP contribution >= 0.6 is 0 Å². The Labute approximate surface area is 126 Å². The van der Waals surface area contributed by atoms with Gasteiger partial charge in [0, 0.05) is 0 Å². The molecule has 0 spiro atoms. The van der Waals surface area contributed by atoms with Crippen LogP contribution in [0.3, 0.4) is 0 Å². The van der Waals surface area contributed by atoms with Crippen molar-refractivity contribution in [2.75, 3.05) is 6.61 Å². The molecular formula is C16H26O5. The molecule has 0 aliphatic heterocycles. The monoisotopic (exact) mass is 298 g/mol. The molecule has 0 amide bonds. The van der Waals surface area contributed by atoms with Gasteiger partial charge in [0.1, 0.15) is 0 Å². The molecule has 21 heavy (non-hydrogen) atoms. The zero-order chi connectivity index (χ0) is 15.8. The van der Waals surface area contributed by atoms with Crippen LogP contribution < -0.4 is 0 Å². The fourth-order valence-corrected chi connectivity index (χ4v) is 2.58. The Kier molecular flexibility index (Phi) is 7.40. The zero-order valence-electron chi connectivity index (χ0n) is 13.2. The first-order valence-corrected chi connectivity index (χ1v) is 7.89. The standard InChI is InChI=1S/C16H26O5/c1-4-12(10-14(17)20-5-2)15(18)21-16(19)13-8-6-11(3)7-9-13/h11-13H,4-10H2,1-3H3. The molecule has 0 N–H and O–H groups in total. The van der Waals surface area contributed by atoms with Crippen LogP contribution in [0.15, 0.2) is 0 Å². The number of esters is 3. The van der Waals surface area contributed by atoms with Gasteiger partial charge < -0.3 is 9.47 Å². The molecule has 1 aliphatic carbocycles. The van der Waals surface area contributed by atoms with Gasteiger partial charge in [-0.25, -0.2) is 0 Å². The normalized spacial score (nSPS) is 23.2. The summed E-state index contributed by atoms with van der Waals surface area (Å²) in [4.78, 5) is 35.4. The number of hydrogen-bond acceptors (Lipinski definition) is 5. The minimum absolute atomic E-state index is 0.0296. The smallest absolute Gasteiger partial charge is 0.317 e. The minimum Gasteiger partial charge on any atom is -0.466 e. The van der Waals surface area contributed by atoms with Crippen molar-refractivity contribution in [3.05, 3.63) is 0 Å². The lowest BCUT2D eigenvalue weighted by molar-refractivity contribution is -0.168. The Bertz CT molecular complexity index is 369. The lowest BCUT2D eigenvalue weighted by Gasteiger charge is -2.24. The second-order valence-corrected chi connectivity index (χ2v) is 5.81. The highest BCUT2D eigenvalue weighted by molar-refractivity contribution is 5.89. The van der Waals surface area contributed by atoms with E-state index in [9.17, 15) is 14.4 Å². The topological polar surface area (TPSA) is 69.7 Å². The molecule has 0 radical (unpaired) electrons. The summed E-state index contributed by atoms with van der Waals surface area (Å²) in [5.74, 6) is -1.61. The van der Waals surface area contributed by atoms with Crippen molar-refractivity contribution < 1.29 is 23.9 Å². The highest BCUT2D eigenvalue weighted by atomic mass is 16.6. The number of ether oxygens (including phenoxy) is 2. The van der Waals surface area contributed by atoms with E-state index in [1.807, 2.05) is 0 Å². The zero-order valence-corrected chi connectivity index (χ0v) is 13.2. The molecule has 0 heterocycles. The van der Waals surface area contributed by atoms with Crippen LogP contribution in [0.4, 0.5) is 0 Å². The van der Waals surface area contributed by atoms with Gasteiger partial charge in [-0.05, 0) is 44.9 Å². The molecule has 1 fully saturated rings. The quantitative estimate of drug-likeness (QED) is 0.557. The van der Waals surface area contributed by atoms with E-state index in [-0.39, 0.29) is 18.9 Å². The van der Waals surface area contributed by atoms with Crippen molar-refractivity contribution in [3.8, 4) is 0 Å². The summed E-state index contributed by atoms with van der Waals surface area (Å²) >= 11 is 0. The summed E-state index contributed by atoms with van der Waals surface area (Å²) in [5, 5.41) is 0. The average Bonchev–Trinajstić information content (AvgIpc) is 2.45. The largest absolute Gasteiger partial charge is 0.466 e. The number of carbonyl (C=O) groups excluding carboxylic acids is 3. The molecule has 1 unspecified atom stereocenters. The fourth-order valence-electron chi connectivity index (χ4n) is 2.58. The third kappa shape index (κ3) is 5.86. The van der Waals surface area contributed by atoms with Gasteiger partial charge in [0.05, 0.1) is 24.9 Å². The van der Waals surface area contributed by atoms with Crippen molar-refractivity contribution in [2.24, 2.45) is 17.8 Å². The average molecular weight is 298 g/mol. The summed E-state index contributed by atoms with van der Waals surface area (Å²) < 4.78 is 9.80. The maximum Gasteiger partial charge on any atom is 0.317 e.